The quantitative estimate of drug-likeness (QED) is 0.889. The van der Waals surface area contributed by atoms with E-state index in [1.807, 2.05) is 0 Å². The van der Waals surface area contributed by atoms with Crippen LogP contribution in [0.15, 0.2) is 45.5 Å². The molecule has 1 aromatic heterocycles. The number of halogens is 4. The lowest BCUT2D eigenvalue weighted by atomic mass is 10.2. The van der Waals surface area contributed by atoms with Gasteiger partial charge in [-0.05, 0) is 30.3 Å². The molecule has 0 bridgehead atoms. The molecule has 0 fully saturated rings. The summed E-state index contributed by atoms with van der Waals surface area (Å²) >= 11 is 3.06. The van der Waals surface area contributed by atoms with Crippen LogP contribution in [0.3, 0.4) is 0 Å². The Hall–Kier alpha value is -1.43. The highest BCUT2D eigenvalue weighted by molar-refractivity contribution is 9.10. The van der Waals surface area contributed by atoms with Crippen LogP contribution in [-0.2, 0) is 12.7 Å². The van der Waals surface area contributed by atoms with E-state index in [2.05, 4.69) is 21.2 Å². The van der Waals surface area contributed by atoms with Crippen LogP contribution in [0.1, 0.15) is 11.3 Å². The van der Waals surface area contributed by atoms with Crippen LogP contribution < -0.4 is 5.32 Å². The lowest BCUT2D eigenvalue weighted by molar-refractivity contribution is -0.137. The summed E-state index contributed by atoms with van der Waals surface area (Å²) in [5.74, 6) is 0.656. The molecule has 0 amide bonds. The molecular formula is C12H9BrF3NO. The van der Waals surface area contributed by atoms with Crippen molar-refractivity contribution < 1.29 is 17.6 Å². The molecule has 2 aromatic rings. The Kier molecular flexibility index (Phi) is 3.65. The molecule has 0 aliphatic rings. The van der Waals surface area contributed by atoms with Gasteiger partial charge in [0.2, 0.25) is 0 Å². The summed E-state index contributed by atoms with van der Waals surface area (Å²) in [5.41, 5.74) is -0.313. The monoisotopic (exact) mass is 319 g/mol. The Labute approximate surface area is 110 Å². The first-order valence-electron chi connectivity index (χ1n) is 5.09. The van der Waals surface area contributed by atoms with E-state index < -0.39 is 11.7 Å². The van der Waals surface area contributed by atoms with Crippen molar-refractivity contribution in [2.24, 2.45) is 0 Å². The minimum Gasteiger partial charge on any atom is -0.467 e. The van der Waals surface area contributed by atoms with Gasteiger partial charge in [0.15, 0.2) is 0 Å². The van der Waals surface area contributed by atoms with E-state index in [1.165, 1.54) is 6.26 Å². The topological polar surface area (TPSA) is 25.2 Å². The van der Waals surface area contributed by atoms with Gasteiger partial charge in [0, 0.05) is 10.2 Å². The van der Waals surface area contributed by atoms with Crippen LogP contribution >= 0.6 is 15.9 Å². The van der Waals surface area contributed by atoms with Gasteiger partial charge >= 0.3 is 6.18 Å². The maximum absolute atomic E-state index is 12.6. The van der Waals surface area contributed by atoms with Crippen LogP contribution in [0.2, 0.25) is 0 Å². The molecule has 2 rings (SSSR count). The van der Waals surface area contributed by atoms with E-state index in [4.69, 9.17) is 4.42 Å². The Morgan fingerprint density at radius 2 is 2.00 bits per heavy atom. The zero-order chi connectivity index (χ0) is 13.2. The number of anilines is 1. The molecule has 18 heavy (non-hydrogen) atoms. The maximum atomic E-state index is 12.6. The summed E-state index contributed by atoms with van der Waals surface area (Å²) in [6.45, 7) is 0.334. The Morgan fingerprint density at radius 1 is 1.22 bits per heavy atom. The van der Waals surface area contributed by atoms with E-state index in [1.54, 1.807) is 18.2 Å². The molecule has 0 atom stereocenters. The fraction of sp³-hybridized carbons (Fsp3) is 0.167. The average Bonchev–Trinajstić information content (AvgIpc) is 2.77. The minimum absolute atomic E-state index is 0.334. The normalized spacial score (nSPS) is 11.6. The molecule has 1 aromatic carbocycles. The van der Waals surface area contributed by atoms with Gasteiger partial charge in [-0.25, -0.2) is 0 Å². The standard InChI is InChI=1S/C12H9BrF3NO/c13-9-4-8(12(14,15)16)5-10(6-9)17-7-11-2-1-3-18-11/h1-6,17H,7H2. The molecule has 0 spiro atoms. The van der Waals surface area contributed by atoms with Crippen LogP contribution in [0.4, 0.5) is 18.9 Å². The van der Waals surface area contributed by atoms with Gasteiger partial charge in [0.25, 0.3) is 0 Å². The fourth-order valence-corrected chi connectivity index (χ4v) is 1.95. The van der Waals surface area contributed by atoms with E-state index in [0.717, 1.165) is 12.1 Å². The number of nitrogens with one attached hydrogen (secondary N) is 1. The highest BCUT2D eigenvalue weighted by Crippen LogP contribution is 2.33. The molecule has 1 heterocycles. The van der Waals surface area contributed by atoms with E-state index in [-0.39, 0.29) is 0 Å². The number of rotatable bonds is 3. The summed E-state index contributed by atoms with van der Waals surface area (Å²) in [7, 11) is 0. The van der Waals surface area contributed by atoms with Crippen molar-refractivity contribution in [3.63, 3.8) is 0 Å². The van der Waals surface area contributed by atoms with Crippen molar-refractivity contribution in [2.45, 2.75) is 12.7 Å². The second-order valence-electron chi connectivity index (χ2n) is 3.66. The molecular weight excluding hydrogens is 311 g/mol. The third-order valence-corrected chi connectivity index (χ3v) is 2.73. The molecule has 96 valence electrons. The molecule has 0 saturated heterocycles. The summed E-state index contributed by atoms with van der Waals surface area (Å²) in [6, 6.07) is 7.15. The molecule has 1 N–H and O–H groups in total. The number of alkyl halides is 3. The van der Waals surface area contributed by atoms with Gasteiger partial charge in [-0.3, -0.25) is 0 Å². The summed E-state index contributed by atoms with van der Waals surface area (Å²) < 4.78 is 43.2. The van der Waals surface area contributed by atoms with Crippen molar-refractivity contribution in [1.29, 1.82) is 0 Å². The average molecular weight is 320 g/mol. The van der Waals surface area contributed by atoms with Crippen molar-refractivity contribution in [2.75, 3.05) is 5.32 Å². The highest BCUT2D eigenvalue weighted by Gasteiger charge is 2.31. The lowest BCUT2D eigenvalue weighted by Crippen LogP contribution is -2.06. The van der Waals surface area contributed by atoms with Crippen molar-refractivity contribution in [1.82, 2.24) is 0 Å². The van der Waals surface area contributed by atoms with Gasteiger partial charge < -0.3 is 9.73 Å². The number of furan rings is 1. The van der Waals surface area contributed by atoms with Gasteiger partial charge in [0.1, 0.15) is 5.76 Å². The van der Waals surface area contributed by atoms with Crippen molar-refractivity contribution >= 4 is 21.6 Å². The number of benzene rings is 1. The van der Waals surface area contributed by atoms with Gasteiger partial charge in [-0.15, -0.1) is 0 Å². The zero-order valence-corrected chi connectivity index (χ0v) is 10.7. The van der Waals surface area contributed by atoms with E-state index >= 15 is 0 Å². The number of hydrogen-bond acceptors (Lipinski definition) is 2. The summed E-state index contributed by atoms with van der Waals surface area (Å²) in [4.78, 5) is 0. The molecule has 0 saturated carbocycles. The lowest BCUT2D eigenvalue weighted by Gasteiger charge is -2.11. The summed E-state index contributed by atoms with van der Waals surface area (Å²) in [6.07, 6.45) is -2.84. The van der Waals surface area contributed by atoms with Crippen LogP contribution in [0, 0.1) is 0 Å². The minimum atomic E-state index is -4.36. The van der Waals surface area contributed by atoms with Gasteiger partial charge in [-0.2, -0.15) is 13.2 Å². The smallest absolute Gasteiger partial charge is 0.416 e. The van der Waals surface area contributed by atoms with Crippen molar-refractivity contribution in [3.8, 4) is 0 Å². The Bertz CT molecular complexity index is 523. The second kappa shape index (κ2) is 5.06. The second-order valence-corrected chi connectivity index (χ2v) is 4.57. The molecule has 0 unspecified atom stereocenters. The van der Waals surface area contributed by atoms with Gasteiger partial charge in [0.05, 0.1) is 18.4 Å². The van der Waals surface area contributed by atoms with Crippen LogP contribution in [-0.4, -0.2) is 0 Å². The highest BCUT2D eigenvalue weighted by atomic mass is 79.9. The van der Waals surface area contributed by atoms with Gasteiger partial charge in [-0.1, -0.05) is 15.9 Å². The first-order valence-corrected chi connectivity index (χ1v) is 5.88. The first-order chi connectivity index (χ1) is 8.45. The van der Waals surface area contributed by atoms with Crippen molar-refractivity contribution in [3.05, 3.63) is 52.4 Å². The molecule has 0 aliphatic carbocycles. The molecule has 0 aliphatic heterocycles. The maximum Gasteiger partial charge on any atom is 0.416 e. The number of hydrogen-bond donors (Lipinski definition) is 1. The van der Waals surface area contributed by atoms with E-state index in [9.17, 15) is 13.2 Å². The fourth-order valence-electron chi connectivity index (χ4n) is 1.46. The zero-order valence-electron chi connectivity index (χ0n) is 9.09. The van der Waals surface area contributed by atoms with E-state index in [0.29, 0.717) is 22.5 Å². The largest absolute Gasteiger partial charge is 0.467 e. The molecule has 0 radical (unpaired) electrons. The first kappa shape index (κ1) is 13.0. The predicted octanol–water partition coefficient (Wildman–Crippen LogP) is 4.67. The predicted molar refractivity (Wildman–Crippen MR) is 65.2 cm³/mol. The Balaban J connectivity index is 2.15. The molecule has 2 nitrogen and oxygen atoms in total. The van der Waals surface area contributed by atoms with Crippen LogP contribution in [0.5, 0.6) is 0 Å². The molecule has 6 heteroatoms. The summed E-state index contributed by atoms with van der Waals surface area (Å²) in [5, 5.41) is 2.88. The Morgan fingerprint density at radius 3 is 2.61 bits per heavy atom. The van der Waals surface area contributed by atoms with Crippen LogP contribution in [0.25, 0.3) is 0 Å². The SMILES string of the molecule is FC(F)(F)c1cc(Br)cc(NCc2ccco2)c1. The third-order valence-electron chi connectivity index (χ3n) is 2.27. The third kappa shape index (κ3) is 3.29.